The van der Waals surface area contributed by atoms with E-state index in [1.54, 1.807) is 31.2 Å². The molecule has 0 atom stereocenters. The van der Waals surface area contributed by atoms with Crippen molar-refractivity contribution in [2.24, 2.45) is 0 Å². The number of pyridine rings is 1. The molecular formula is C15H19N3O2S. The number of nitrogens with one attached hydrogen (secondary N) is 2. The van der Waals surface area contributed by atoms with Gasteiger partial charge in [0.2, 0.25) is 10.0 Å². The molecule has 0 saturated carbocycles. The standard InChI is InChI=1S/C15H19N3O2S/c1-3-18-21(19,20)15-8-6-13(7-9-15)17-11-14-5-4-12(2)10-16-14/h4-10,17-18H,3,11H2,1-2H3. The zero-order valence-electron chi connectivity index (χ0n) is 12.1. The molecule has 0 radical (unpaired) electrons. The molecule has 5 nitrogen and oxygen atoms in total. The number of aromatic nitrogens is 1. The van der Waals surface area contributed by atoms with Crippen molar-refractivity contribution < 1.29 is 8.42 Å². The molecule has 112 valence electrons. The smallest absolute Gasteiger partial charge is 0.240 e. The third-order valence-corrected chi connectivity index (χ3v) is 4.51. The van der Waals surface area contributed by atoms with Gasteiger partial charge in [-0.05, 0) is 42.8 Å². The summed E-state index contributed by atoms with van der Waals surface area (Å²) in [5.74, 6) is 0. The molecule has 0 aliphatic rings. The number of anilines is 1. The number of rotatable bonds is 6. The molecule has 0 aliphatic heterocycles. The first-order valence-corrected chi connectivity index (χ1v) is 8.25. The Hall–Kier alpha value is -1.92. The quantitative estimate of drug-likeness (QED) is 0.859. The first-order valence-electron chi connectivity index (χ1n) is 6.76. The molecule has 0 bridgehead atoms. The van der Waals surface area contributed by atoms with Gasteiger partial charge >= 0.3 is 0 Å². The van der Waals surface area contributed by atoms with Gasteiger partial charge in [0.15, 0.2) is 0 Å². The Bertz CT molecular complexity index is 680. The number of benzene rings is 1. The highest BCUT2D eigenvalue weighted by molar-refractivity contribution is 7.89. The molecule has 0 spiro atoms. The molecule has 0 saturated heterocycles. The van der Waals surface area contributed by atoms with E-state index in [1.807, 2.05) is 25.3 Å². The van der Waals surface area contributed by atoms with Crippen LogP contribution in [0.15, 0.2) is 47.5 Å². The van der Waals surface area contributed by atoms with Gasteiger partial charge in [0.25, 0.3) is 0 Å². The van der Waals surface area contributed by atoms with Gasteiger partial charge in [0.1, 0.15) is 0 Å². The summed E-state index contributed by atoms with van der Waals surface area (Å²) in [5.41, 5.74) is 2.91. The number of nitrogens with zero attached hydrogens (tertiary/aromatic N) is 1. The minimum atomic E-state index is -3.39. The molecule has 6 heteroatoms. The predicted octanol–water partition coefficient (Wildman–Crippen LogP) is 2.30. The summed E-state index contributed by atoms with van der Waals surface area (Å²) in [7, 11) is -3.39. The van der Waals surface area contributed by atoms with Crippen molar-refractivity contribution in [3.05, 3.63) is 53.9 Å². The van der Waals surface area contributed by atoms with Crippen molar-refractivity contribution in [2.75, 3.05) is 11.9 Å². The molecule has 2 rings (SSSR count). The van der Waals surface area contributed by atoms with E-state index in [1.165, 1.54) is 0 Å². The van der Waals surface area contributed by atoms with Crippen molar-refractivity contribution in [3.8, 4) is 0 Å². The van der Waals surface area contributed by atoms with Crippen molar-refractivity contribution in [2.45, 2.75) is 25.3 Å². The molecular weight excluding hydrogens is 286 g/mol. The minimum absolute atomic E-state index is 0.267. The first kappa shape index (κ1) is 15.5. The molecule has 1 aromatic carbocycles. The number of hydrogen-bond acceptors (Lipinski definition) is 4. The van der Waals surface area contributed by atoms with Crippen LogP contribution in [0.2, 0.25) is 0 Å². The molecule has 2 aromatic rings. The average Bonchev–Trinajstić information content (AvgIpc) is 2.47. The van der Waals surface area contributed by atoms with Crippen LogP contribution in [0.1, 0.15) is 18.2 Å². The van der Waals surface area contributed by atoms with Gasteiger partial charge in [-0.1, -0.05) is 13.0 Å². The molecule has 1 aromatic heterocycles. The van der Waals surface area contributed by atoms with E-state index in [0.717, 1.165) is 16.9 Å². The van der Waals surface area contributed by atoms with Crippen molar-refractivity contribution in [3.63, 3.8) is 0 Å². The lowest BCUT2D eigenvalue weighted by Gasteiger charge is -2.08. The van der Waals surface area contributed by atoms with Gasteiger partial charge in [0, 0.05) is 18.4 Å². The zero-order valence-corrected chi connectivity index (χ0v) is 12.9. The van der Waals surface area contributed by atoms with Crippen molar-refractivity contribution in [1.82, 2.24) is 9.71 Å². The lowest BCUT2D eigenvalue weighted by atomic mass is 10.2. The Labute approximate surface area is 125 Å². The monoisotopic (exact) mass is 305 g/mol. The molecule has 1 heterocycles. The van der Waals surface area contributed by atoms with Gasteiger partial charge in [-0.25, -0.2) is 13.1 Å². The van der Waals surface area contributed by atoms with Gasteiger partial charge in [-0.3, -0.25) is 4.98 Å². The van der Waals surface area contributed by atoms with Gasteiger partial charge in [-0.15, -0.1) is 0 Å². The summed E-state index contributed by atoms with van der Waals surface area (Å²) in [6.45, 7) is 4.72. The van der Waals surface area contributed by atoms with Crippen LogP contribution in [-0.2, 0) is 16.6 Å². The summed E-state index contributed by atoms with van der Waals surface area (Å²) < 4.78 is 26.1. The fourth-order valence-corrected chi connectivity index (χ4v) is 2.86. The van der Waals surface area contributed by atoms with Crippen LogP contribution in [0.3, 0.4) is 0 Å². The fraction of sp³-hybridized carbons (Fsp3) is 0.267. The topological polar surface area (TPSA) is 71.1 Å². The maximum absolute atomic E-state index is 11.8. The van der Waals surface area contributed by atoms with Crippen LogP contribution in [-0.4, -0.2) is 19.9 Å². The zero-order chi connectivity index (χ0) is 15.3. The third-order valence-electron chi connectivity index (χ3n) is 2.95. The lowest BCUT2D eigenvalue weighted by Crippen LogP contribution is -2.23. The Kier molecular flexibility index (Phi) is 4.93. The van der Waals surface area contributed by atoms with E-state index < -0.39 is 10.0 Å². The second-order valence-corrected chi connectivity index (χ2v) is 6.47. The Morgan fingerprint density at radius 2 is 1.81 bits per heavy atom. The van der Waals surface area contributed by atoms with Gasteiger partial charge < -0.3 is 5.32 Å². The Morgan fingerprint density at radius 3 is 2.38 bits per heavy atom. The van der Waals surface area contributed by atoms with Gasteiger partial charge in [0.05, 0.1) is 17.1 Å². The Balaban J connectivity index is 2.01. The van der Waals surface area contributed by atoms with E-state index in [-0.39, 0.29) is 4.90 Å². The summed E-state index contributed by atoms with van der Waals surface area (Å²) in [5, 5.41) is 3.21. The summed E-state index contributed by atoms with van der Waals surface area (Å²) in [4.78, 5) is 4.57. The van der Waals surface area contributed by atoms with E-state index in [9.17, 15) is 8.42 Å². The van der Waals surface area contributed by atoms with Gasteiger partial charge in [-0.2, -0.15) is 0 Å². The lowest BCUT2D eigenvalue weighted by molar-refractivity contribution is 0.584. The molecule has 0 fully saturated rings. The van der Waals surface area contributed by atoms with Crippen LogP contribution in [0.4, 0.5) is 5.69 Å². The molecule has 0 amide bonds. The number of sulfonamides is 1. The fourth-order valence-electron chi connectivity index (χ4n) is 1.82. The highest BCUT2D eigenvalue weighted by Gasteiger charge is 2.11. The third kappa shape index (κ3) is 4.27. The molecule has 2 N–H and O–H groups in total. The summed E-state index contributed by atoms with van der Waals surface area (Å²) in [6, 6.07) is 10.6. The van der Waals surface area contributed by atoms with Crippen LogP contribution < -0.4 is 10.0 Å². The van der Waals surface area contributed by atoms with E-state index in [2.05, 4.69) is 15.0 Å². The van der Waals surface area contributed by atoms with Crippen LogP contribution in [0.5, 0.6) is 0 Å². The normalized spacial score (nSPS) is 11.3. The predicted molar refractivity (Wildman–Crippen MR) is 83.6 cm³/mol. The largest absolute Gasteiger partial charge is 0.379 e. The Morgan fingerprint density at radius 1 is 1.10 bits per heavy atom. The maximum atomic E-state index is 11.8. The molecule has 0 unspecified atom stereocenters. The van der Waals surface area contributed by atoms with E-state index in [0.29, 0.717) is 13.1 Å². The highest BCUT2D eigenvalue weighted by Crippen LogP contribution is 2.14. The summed E-state index contributed by atoms with van der Waals surface area (Å²) >= 11 is 0. The highest BCUT2D eigenvalue weighted by atomic mass is 32.2. The number of hydrogen-bond donors (Lipinski definition) is 2. The maximum Gasteiger partial charge on any atom is 0.240 e. The van der Waals surface area contributed by atoms with Crippen LogP contribution in [0.25, 0.3) is 0 Å². The minimum Gasteiger partial charge on any atom is -0.379 e. The van der Waals surface area contributed by atoms with E-state index >= 15 is 0 Å². The van der Waals surface area contributed by atoms with Crippen LogP contribution in [0, 0.1) is 6.92 Å². The average molecular weight is 305 g/mol. The van der Waals surface area contributed by atoms with Crippen molar-refractivity contribution >= 4 is 15.7 Å². The molecule has 0 aliphatic carbocycles. The summed E-state index contributed by atoms with van der Waals surface area (Å²) in [6.07, 6.45) is 1.82. The SMILES string of the molecule is CCNS(=O)(=O)c1ccc(NCc2ccc(C)cn2)cc1. The first-order chi connectivity index (χ1) is 10.0. The van der Waals surface area contributed by atoms with Crippen molar-refractivity contribution in [1.29, 1.82) is 0 Å². The second-order valence-electron chi connectivity index (χ2n) is 4.71. The molecule has 21 heavy (non-hydrogen) atoms. The van der Waals surface area contributed by atoms with Crippen LogP contribution >= 0.6 is 0 Å². The van der Waals surface area contributed by atoms with E-state index in [4.69, 9.17) is 0 Å². The second kappa shape index (κ2) is 6.69. The number of aryl methyl sites for hydroxylation is 1.